The van der Waals surface area contributed by atoms with Crippen molar-refractivity contribution in [2.45, 2.75) is 26.7 Å². The zero-order valence-electron chi connectivity index (χ0n) is 17.0. The molecule has 1 aliphatic heterocycles. The number of aromatic nitrogens is 2. The number of ether oxygens (including phenoxy) is 1. The van der Waals surface area contributed by atoms with Gasteiger partial charge in [0.15, 0.2) is 5.75 Å². The van der Waals surface area contributed by atoms with Crippen molar-refractivity contribution in [3.05, 3.63) is 76.2 Å². The number of urea groups is 1. The summed E-state index contributed by atoms with van der Waals surface area (Å²) < 4.78 is 5.75. The number of nitrogens with zero attached hydrogens (tertiary/aromatic N) is 3. The molecule has 1 aromatic carbocycles. The number of halogens is 1. The van der Waals surface area contributed by atoms with Gasteiger partial charge in [0.25, 0.3) is 0 Å². The van der Waals surface area contributed by atoms with Crippen molar-refractivity contribution in [1.29, 1.82) is 0 Å². The molecular weight excluding hydrogens is 400 g/mol. The smallest absolute Gasteiger partial charge is 0.321 e. The predicted octanol–water partition coefficient (Wildman–Crippen LogP) is 5.17. The highest BCUT2D eigenvalue weighted by molar-refractivity contribution is 6.31. The second-order valence-corrected chi connectivity index (χ2v) is 7.77. The average molecular weight is 423 g/mol. The Morgan fingerprint density at radius 2 is 1.87 bits per heavy atom. The molecule has 0 unspecified atom stereocenters. The van der Waals surface area contributed by atoms with E-state index in [0.29, 0.717) is 30.4 Å². The molecule has 0 spiro atoms. The lowest BCUT2D eigenvalue weighted by Gasteiger charge is -2.20. The SMILES string of the molecule is Cc1cc2c(cc1Cl)CCN(C(=O)Nc1ccc(Oc3cccnc3C)nc1)CC2. The van der Waals surface area contributed by atoms with Crippen LogP contribution in [-0.4, -0.2) is 34.0 Å². The summed E-state index contributed by atoms with van der Waals surface area (Å²) in [7, 11) is 0. The third kappa shape index (κ3) is 4.54. The molecule has 154 valence electrons. The molecule has 2 amide bonds. The van der Waals surface area contributed by atoms with Crippen LogP contribution in [0.3, 0.4) is 0 Å². The van der Waals surface area contributed by atoms with Gasteiger partial charge in [0.1, 0.15) is 0 Å². The van der Waals surface area contributed by atoms with Crippen LogP contribution in [0.25, 0.3) is 0 Å². The molecule has 1 N–H and O–H groups in total. The monoisotopic (exact) mass is 422 g/mol. The van der Waals surface area contributed by atoms with Gasteiger partial charge >= 0.3 is 6.03 Å². The van der Waals surface area contributed by atoms with E-state index in [-0.39, 0.29) is 6.03 Å². The van der Waals surface area contributed by atoms with Crippen molar-refractivity contribution in [1.82, 2.24) is 14.9 Å². The molecule has 0 bridgehead atoms. The van der Waals surface area contributed by atoms with Gasteiger partial charge in [0.2, 0.25) is 5.88 Å². The van der Waals surface area contributed by atoms with Crippen molar-refractivity contribution in [3.63, 3.8) is 0 Å². The molecular formula is C23H23ClN4O2. The molecule has 3 aromatic rings. The van der Waals surface area contributed by atoms with Crippen molar-refractivity contribution in [3.8, 4) is 11.6 Å². The number of anilines is 1. The van der Waals surface area contributed by atoms with Gasteiger partial charge in [-0.15, -0.1) is 0 Å². The van der Waals surface area contributed by atoms with Gasteiger partial charge in [-0.05, 0) is 67.6 Å². The maximum Gasteiger partial charge on any atom is 0.321 e. The van der Waals surface area contributed by atoms with Crippen molar-refractivity contribution in [2.75, 3.05) is 18.4 Å². The first-order valence-corrected chi connectivity index (χ1v) is 10.3. The summed E-state index contributed by atoms with van der Waals surface area (Å²) in [5.74, 6) is 1.10. The molecule has 30 heavy (non-hydrogen) atoms. The number of pyridine rings is 2. The van der Waals surface area contributed by atoms with Crippen molar-refractivity contribution < 1.29 is 9.53 Å². The Morgan fingerprint density at radius 3 is 2.57 bits per heavy atom. The maximum absolute atomic E-state index is 12.7. The van der Waals surface area contributed by atoms with Gasteiger partial charge in [0, 0.05) is 30.4 Å². The van der Waals surface area contributed by atoms with E-state index in [0.717, 1.165) is 29.1 Å². The Morgan fingerprint density at radius 1 is 1.10 bits per heavy atom. The molecule has 0 saturated heterocycles. The first kappa shape index (κ1) is 20.2. The maximum atomic E-state index is 12.7. The lowest BCUT2D eigenvalue weighted by Crippen LogP contribution is -2.36. The fraction of sp³-hybridized carbons (Fsp3) is 0.261. The van der Waals surface area contributed by atoms with Gasteiger partial charge in [0.05, 0.1) is 17.6 Å². The molecule has 0 aliphatic carbocycles. The number of hydrogen-bond acceptors (Lipinski definition) is 4. The van der Waals surface area contributed by atoms with E-state index in [1.807, 2.05) is 36.9 Å². The highest BCUT2D eigenvalue weighted by atomic mass is 35.5. The fourth-order valence-electron chi connectivity index (χ4n) is 3.48. The van der Waals surface area contributed by atoms with Gasteiger partial charge in [-0.3, -0.25) is 4.98 Å². The van der Waals surface area contributed by atoms with Crippen molar-refractivity contribution in [2.24, 2.45) is 0 Å². The van der Waals surface area contributed by atoms with Crippen LogP contribution in [0, 0.1) is 13.8 Å². The third-order valence-electron chi connectivity index (χ3n) is 5.23. The first-order chi connectivity index (χ1) is 14.5. The minimum absolute atomic E-state index is 0.135. The Bertz CT molecular complexity index is 1040. The third-order valence-corrected chi connectivity index (χ3v) is 5.64. The zero-order chi connectivity index (χ0) is 21.1. The number of fused-ring (bicyclic) bond motifs is 1. The summed E-state index contributed by atoms with van der Waals surface area (Å²) in [5.41, 5.74) is 4.96. The topological polar surface area (TPSA) is 67.4 Å². The lowest BCUT2D eigenvalue weighted by atomic mass is 10.0. The molecule has 6 nitrogen and oxygen atoms in total. The second-order valence-electron chi connectivity index (χ2n) is 7.36. The summed E-state index contributed by atoms with van der Waals surface area (Å²) in [5, 5.41) is 3.70. The Hall–Kier alpha value is -3.12. The van der Waals surface area contributed by atoms with E-state index in [4.69, 9.17) is 16.3 Å². The summed E-state index contributed by atoms with van der Waals surface area (Å²) in [6.45, 7) is 5.19. The number of carbonyl (C=O) groups is 1. The lowest BCUT2D eigenvalue weighted by molar-refractivity contribution is 0.214. The van der Waals surface area contributed by atoms with Crippen LogP contribution in [0.15, 0.2) is 48.8 Å². The van der Waals surface area contributed by atoms with E-state index in [1.165, 1.54) is 11.1 Å². The summed E-state index contributed by atoms with van der Waals surface area (Å²) in [6.07, 6.45) is 4.91. The standard InChI is InChI=1S/C23H23ClN4O2/c1-15-12-17-7-10-28(11-8-18(17)13-20(15)24)23(29)27-19-5-6-22(26-14-19)30-21-4-3-9-25-16(21)2/h3-6,9,12-14H,7-8,10-11H2,1-2H3,(H,27,29). The number of nitrogens with one attached hydrogen (secondary N) is 1. The summed E-state index contributed by atoms with van der Waals surface area (Å²) in [4.78, 5) is 23.1. The predicted molar refractivity (Wildman–Crippen MR) is 117 cm³/mol. The Kier molecular flexibility index (Phi) is 5.86. The quantitative estimate of drug-likeness (QED) is 0.632. The highest BCUT2D eigenvalue weighted by Gasteiger charge is 2.19. The largest absolute Gasteiger partial charge is 0.437 e. The molecule has 0 radical (unpaired) electrons. The minimum Gasteiger partial charge on any atom is -0.437 e. The van der Waals surface area contributed by atoms with Crippen LogP contribution in [0.5, 0.6) is 11.6 Å². The van der Waals surface area contributed by atoms with Crippen LogP contribution >= 0.6 is 11.6 Å². The highest BCUT2D eigenvalue weighted by Crippen LogP contribution is 2.25. The molecule has 3 heterocycles. The number of amides is 2. The number of benzene rings is 1. The van der Waals surface area contributed by atoms with Gasteiger partial charge in [-0.25, -0.2) is 9.78 Å². The van der Waals surface area contributed by atoms with Crippen LogP contribution in [0.1, 0.15) is 22.4 Å². The number of hydrogen-bond donors (Lipinski definition) is 1. The summed E-state index contributed by atoms with van der Waals surface area (Å²) >= 11 is 6.26. The zero-order valence-corrected chi connectivity index (χ0v) is 17.7. The molecule has 0 atom stereocenters. The minimum atomic E-state index is -0.135. The molecule has 0 saturated carbocycles. The molecule has 2 aromatic heterocycles. The van der Waals surface area contributed by atoms with Gasteiger partial charge in [-0.2, -0.15) is 0 Å². The van der Waals surface area contributed by atoms with Crippen LogP contribution in [0.2, 0.25) is 5.02 Å². The Labute approximate surface area is 180 Å². The van der Waals surface area contributed by atoms with Crippen LogP contribution in [0.4, 0.5) is 10.5 Å². The number of rotatable bonds is 3. The van der Waals surface area contributed by atoms with E-state index in [1.54, 1.807) is 24.5 Å². The van der Waals surface area contributed by atoms with Crippen molar-refractivity contribution >= 4 is 23.3 Å². The Balaban J connectivity index is 1.37. The molecule has 7 heteroatoms. The van der Waals surface area contributed by atoms with E-state index < -0.39 is 0 Å². The van der Waals surface area contributed by atoms with Gasteiger partial charge < -0.3 is 15.0 Å². The summed E-state index contributed by atoms with van der Waals surface area (Å²) in [6, 6.07) is 11.2. The number of carbonyl (C=O) groups excluding carboxylic acids is 1. The van der Waals surface area contributed by atoms with Crippen LogP contribution < -0.4 is 10.1 Å². The van der Waals surface area contributed by atoms with E-state index in [2.05, 4.69) is 21.4 Å². The first-order valence-electron chi connectivity index (χ1n) is 9.89. The second kappa shape index (κ2) is 8.71. The number of aryl methyl sites for hydroxylation is 2. The van der Waals surface area contributed by atoms with E-state index >= 15 is 0 Å². The normalized spacial score (nSPS) is 13.4. The van der Waals surface area contributed by atoms with Gasteiger partial charge in [-0.1, -0.05) is 17.7 Å². The van der Waals surface area contributed by atoms with Crippen LogP contribution in [-0.2, 0) is 12.8 Å². The van der Waals surface area contributed by atoms with E-state index in [9.17, 15) is 4.79 Å². The molecule has 1 aliphatic rings. The average Bonchev–Trinajstić information content (AvgIpc) is 2.94. The fourth-order valence-corrected chi connectivity index (χ4v) is 3.67. The molecule has 4 rings (SSSR count). The molecule has 0 fully saturated rings.